The lowest BCUT2D eigenvalue weighted by molar-refractivity contribution is -0.149. The summed E-state index contributed by atoms with van der Waals surface area (Å²) >= 11 is 6.38. The summed E-state index contributed by atoms with van der Waals surface area (Å²) in [6, 6.07) is 18.3. The lowest BCUT2D eigenvalue weighted by Gasteiger charge is -2.13. The molecule has 5 heteroatoms. The number of carbonyl (C=O) groups is 1. The summed E-state index contributed by atoms with van der Waals surface area (Å²) in [7, 11) is 0. The minimum atomic E-state index is -1.01. The van der Waals surface area contributed by atoms with E-state index in [9.17, 15) is 10.1 Å². The molecule has 1 aliphatic carbocycles. The smallest absolute Gasteiger partial charge is 0.313 e. The van der Waals surface area contributed by atoms with Crippen LogP contribution in [0.2, 0.25) is 0 Å². The molecule has 0 aromatic heterocycles. The first-order valence-electron chi connectivity index (χ1n) is 8.39. The Labute approximate surface area is 158 Å². The number of hydrogen-bond acceptors (Lipinski definition) is 4. The van der Waals surface area contributed by atoms with Crippen LogP contribution in [0.1, 0.15) is 32.4 Å². The quantitative estimate of drug-likeness (QED) is 0.534. The summed E-state index contributed by atoms with van der Waals surface area (Å²) in [5.74, 6) is 0.372. The molecule has 0 N–H and O–H groups in total. The van der Waals surface area contributed by atoms with Gasteiger partial charge in [0, 0.05) is 5.56 Å². The minimum absolute atomic E-state index is 0.357. The Bertz CT molecular complexity index is 841. The van der Waals surface area contributed by atoms with Gasteiger partial charge in [-0.1, -0.05) is 44.2 Å². The van der Waals surface area contributed by atoms with Crippen LogP contribution in [-0.2, 0) is 9.53 Å². The van der Waals surface area contributed by atoms with Gasteiger partial charge in [-0.15, -0.1) is 11.6 Å². The van der Waals surface area contributed by atoms with E-state index in [4.69, 9.17) is 21.1 Å². The van der Waals surface area contributed by atoms with E-state index in [1.54, 1.807) is 24.3 Å². The number of benzene rings is 2. The van der Waals surface area contributed by atoms with Crippen molar-refractivity contribution < 1.29 is 14.3 Å². The van der Waals surface area contributed by atoms with Gasteiger partial charge in [-0.2, -0.15) is 5.26 Å². The maximum absolute atomic E-state index is 12.5. The first-order chi connectivity index (χ1) is 12.3. The van der Waals surface area contributed by atoms with Crippen LogP contribution in [0.25, 0.3) is 0 Å². The fourth-order valence-corrected chi connectivity index (χ4v) is 3.58. The zero-order valence-electron chi connectivity index (χ0n) is 14.9. The Morgan fingerprint density at radius 1 is 1.12 bits per heavy atom. The molecule has 3 rings (SSSR count). The van der Waals surface area contributed by atoms with Crippen molar-refractivity contribution in [1.82, 2.24) is 0 Å². The SMILES string of the molecule is CC1(C)C(C(=O)OC(C#N)c2cccc(Oc3ccccc3)c2)C1(C)Cl. The molecule has 26 heavy (non-hydrogen) atoms. The molecule has 0 spiro atoms. The predicted molar refractivity (Wildman–Crippen MR) is 98.9 cm³/mol. The third kappa shape index (κ3) is 3.27. The van der Waals surface area contributed by atoms with Crippen molar-refractivity contribution in [1.29, 1.82) is 5.26 Å². The zero-order valence-corrected chi connectivity index (χ0v) is 15.7. The molecule has 0 aliphatic heterocycles. The summed E-state index contributed by atoms with van der Waals surface area (Å²) < 4.78 is 11.2. The Morgan fingerprint density at radius 2 is 1.73 bits per heavy atom. The highest BCUT2D eigenvalue weighted by molar-refractivity contribution is 6.29. The number of para-hydroxylation sites is 1. The molecule has 4 nitrogen and oxygen atoms in total. The summed E-state index contributed by atoms with van der Waals surface area (Å²) in [5.41, 5.74) is 0.202. The lowest BCUT2D eigenvalue weighted by Crippen LogP contribution is -2.15. The highest BCUT2D eigenvalue weighted by Crippen LogP contribution is 2.66. The fourth-order valence-electron chi connectivity index (χ4n) is 3.16. The maximum Gasteiger partial charge on any atom is 0.313 e. The van der Waals surface area contributed by atoms with Crippen molar-refractivity contribution in [2.24, 2.45) is 11.3 Å². The maximum atomic E-state index is 12.5. The number of carbonyl (C=O) groups excluding carboxylic acids is 1. The molecule has 0 bridgehead atoms. The van der Waals surface area contributed by atoms with Crippen LogP contribution in [0.15, 0.2) is 54.6 Å². The molecule has 134 valence electrons. The topological polar surface area (TPSA) is 59.3 Å². The third-order valence-electron chi connectivity index (χ3n) is 5.17. The van der Waals surface area contributed by atoms with Crippen molar-refractivity contribution in [2.45, 2.75) is 31.7 Å². The van der Waals surface area contributed by atoms with E-state index in [1.165, 1.54) is 0 Å². The van der Waals surface area contributed by atoms with Crippen molar-refractivity contribution in [2.75, 3.05) is 0 Å². The van der Waals surface area contributed by atoms with Gasteiger partial charge < -0.3 is 9.47 Å². The molecule has 3 atom stereocenters. The van der Waals surface area contributed by atoms with Gasteiger partial charge in [0.1, 0.15) is 17.6 Å². The van der Waals surface area contributed by atoms with E-state index >= 15 is 0 Å². The molecule has 1 fully saturated rings. The van der Waals surface area contributed by atoms with Crippen molar-refractivity contribution in [3.8, 4) is 17.6 Å². The van der Waals surface area contributed by atoms with E-state index in [2.05, 4.69) is 0 Å². The van der Waals surface area contributed by atoms with E-state index in [0.717, 1.165) is 0 Å². The standard InChI is InChI=1S/C21H20ClNO3/c1-20(2)18(21(20,3)22)19(24)26-17(13-23)14-8-7-11-16(12-14)25-15-9-5-4-6-10-15/h4-12,17-18H,1-3H3. The van der Waals surface area contributed by atoms with Crippen LogP contribution in [0.5, 0.6) is 11.5 Å². The highest BCUT2D eigenvalue weighted by Gasteiger charge is 2.72. The Morgan fingerprint density at radius 3 is 2.31 bits per heavy atom. The van der Waals surface area contributed by atoms with Gasteiger partial charge in [0.05, 0.1) is 10.8 Å². The monoisotopic (exact) mass is 369 g/mol. The molecular weight excluding hydrogens is 350 g/mol. The molecule has 2 aromatic carbocycles. The van der Waals surface area contributed by atoms with Crippen molar-refractivity contribution in [3.05, 3.63) is 60.2 Å². The van der Waals surface area contributed by atoms with Gasteiger partial charge in [-0.25, -0.2) is 0 Å². The molecule has 1 aliphatic rings. The Balaban J connectivity index is 1.74. The molecular formula is C21H20ClNO3. The number of halogens is 1. The number of rotatable bonds is 5. The number of ether oxygens (including phenoxy) is 2. The van der Waals surface area contributed by atoms with Gasteiger partial charge in [0.2, 0.25) is 6.10 Å². The average molecular weight is 370 g/mol. The largest absolute Gasteiger partial charge is 0.457 e. The Kier molecular flexibility index (Phi) is 4.68. The number of esters is 1. The van der Waals surface area contributed by atoms with Gasteiger partial charge in [0.15, 0.2) is 0 Å². The average Bonchev–Trinajstić information content (AvgIpc) is 3.02. The minimum Gasteiger partial charge on any atom is -0.457 e. The first kappa shape index (κ1) is 18.3. The molecule has 1 saturated carbocycles. The number of nitriles is 1. The number of hydrogen-bond donors (Lipinski definition) is 0. The zero-order chi connectivity index (χ0) is 18.9. The van der Waals surface area contributed by atoms with E-state index in [0.29, 0.717) is 17.1 Å². The summed E-state index contributed by atoms with van der Waals surface area (Å²) in [5, 5.41) is 9.47. The van der Waals surface area contributed by atoms with Gasteiger partial charge >= 0.3 is 5.97 Å². The second-order valence-corrected chi connectivity index (χ2v) is 7.95. The van der Waals surface area contributed by atoms with Gasteiger partial charge in [0.25, 0.3) is 0 Å². The van der Waals surface area contributed by atoms with Gasteiger partial charge in [-0.05, 0) is 36.6 Å². The third-order valence-corrected chi connectivity index (χ3v) is 5.87. The van der Waals surface area contributed by atoms with E-state index in [-0.39, 0.29) is 5.41 Å². The van der Waals surface area contributed by atoms with Crippen LogP contribution in [0, 0.1) is 22.7 Å². The molecule has 3 unspecified atom stereocenters. The molecule has 0 saturated heterocycles. The lowest BCUT2D eigenvalue weighted by atomic mass is 10.1. The predicted octanol–water partition coefficient (Wildman–Crippen LogP) is 5.24. The van der Waals surface area contributed by atoms with E-state index < -0.39 is 22.9 Å². The summed E-state index contributed by atoms with van der Waals surface area (Å²) in [6.07, 6.45) is -1.01. The highest BCUT2D eigenvalue weighted by atomic mass is 35.5. The van der Waals surface area contributed by atoms with Crippen LogP contribution in [0.3, 0.4) is 0 Å². The normalized spacial score (nSPS) is 24.2. The summed E-state index contributed by atoms with van der Waals surface area (Å²) in [6.45, 7) is 5.65. The Hall–Kier alpha value is -2.51. The van der Waals surface area contributed by atoms with E-state index in [1.807, 2.05) is 57.2 Å². The van der Waals surface area contributed by atoms with Crippen molar-refractivity contribution in [3.63, 3.8) is 0 Å². The summed E-state index contributed by atoms with van der Waals surface area (Å²) in [4.78, 5) is 11.8. The van der Waals surface area contributed by atoms with Crippen LogP contribution in [0.4, 0.5) is 0 Å². The first-order valence-corrected chi connectivity index (χ1v) is 8.77. The van der Waals surface area contributed by atoms with Crippen LogP contribution >= 0.6 is 11.6 Å². The number of alkyl halides is 1. The molecule has 0 heterocycles. The van der Waals surface area contributed by atoms with Crippen molar-refractivity contribution >= 4 is 17.6 Å². The van der Waals surface area contributed by atoms with Crippen LogP contribution in [-0.4, -0.2) is 10.8 Å². The number of nitrogens with zero attached hydrogens (tertiary/aromatic N) is 1. The second-order valence-electron chi connectivity index (χ2n) is 7.16. The molecule has 0 radical (unpaired) electrons. The molecule has 0 amide bonds. The van der Waals surface area contributed by atoms with Gasteiger partial charge in [-0.3, -0.25) is 4.79 Å². The second kappa shape index (κ2) is 6.66. The molecule has 2 aromatic rings. The van der Waals surface area contributed by atoms with Crippen LogP contribution < -0.4 is 4.74 Å². The fraction of sp³-hybridized carbons (Fsp3) is 0.333.